The van der Waals surface area contributed by atoms with Gasteiger partial charge in [-0.1, -0.05) is 60.7 Å². The van der Waals surface area contributed by atoms with Gasteiger partial charge < -0.3 is 26.0 Å². The molecule has 3 atom stereocenters. The number of aliphatic hydroxyl groups is 1. The van der Waals surface area contributed by atoms with E-state index >= 15 is 0 Å². The van der Waals surface area contributed by atoms with E-state index in [1.54, 1.807) is 0 Å². The molecule has 4 N–H and O–H groups in total. The number of nitrogens with one attached hydrogen (secondary N) is 3. The molecule has 0 aliphatic carbocycles. The van der Waals surface area contributed by atoms with E-state index in [2.05, 4.69) is 16.0 Å². The standard InChI is InChI=1S/C31H35FN4O4S/c1-20-10-7-8-13-22(20)18-33-28(38)27-31(2,3)41-19-36(27)29(39)26(37)25(16-21-11-5-4-6-12-21)35-30(40)34-24-15-9-14-23(32)17-24/h4-15,17,25-27,37H,16,18-19H2,1-3H3,(H,33,38)(H2,34,35,40). The third-order valence-electron chi connectivity index (χ3n) is 7.12. The highest BCUT2D eigenvalue weighted by atomic mass is 32.2. The summed E-state index contributed by atoms with van der Waals surface area (Å²) in [4.78, 5) is 41.4. The second-order valence-electron chi connectivity index (χ2n) is 10.6. The number of nitrogens with zero attached hydrogens (tertiary/aromatic N) is 1. The molecule has 0 bridgehead atoms. The lowest BCUT2D eigenvalue weighted by molar-refractivity contribution is -0.147. The minimum absolute atomic E-state index is 0.152. The fourth-order valence-corrected chi connectivity index (χ4v) is 5.99. The molecule has 0 radical (unpaired) electrons. The minimum atomic E-state index is -1.64. The van der Waals surface area contributed by atoms with Gasteiger partial charge >= 0.3 is 6.03 Å². The van der Waals surface area contributed by atoms with Crippen LogP contribution in [-0.4, -0.2) is 56.7 Å². The molecular weight excluding hydrogens is 543 g/mol. The molecule has 41 heavy (non-hydrogen) atoms. The lowest BCUT2D eigenvalue weighted by Crippen LogP contribution is -2.59. The van der Waals surface area contributed by atoms with Crippen molar-refractivity contribution in [3.8, 4) is 0 Å². The van der Waals surface area contributed by atoms with Crippen molar-refractivity contribution < 1.29 is 23.9 Å². The van der Waals surface area contributed by atoms with Crippen LogP contribution in [0.1, 0.15) is 30.5 Å². The van der Waals surface area contributed by atoms with E-state index in [1.807, 2.05) is 75.4 Å². The zero-order valence-corrected chi connectivity index (χ0v) is 24.1. The molecule has 4 amide bonds. The summed E-state index contributed by atoms with van der Waals surface area (Å²) < 4.78 is 13.0. The number of carbonyl (C=O) groups is 3. The number of urea groups is 1. The summed E-state index contributed by atoms with van der Waals surface area (Å²) in [6.45, 7) is 6.06. The Bertz CT molecular complexity index is 1390. The molecule has 0 saturated carbocycles. The lowest BCUT2D eigenvalue weighted by atomic mass is 9.97. The second-order valence-corrected chi connectivity index (χ2v) is 12.2. The molecule has 4 rings (SSSR count). The number of amides is 4. The van der Waals surface area contributed by atoms with E-state index in [-0.39, 0.29) is 23.9 Å². The van der Waals surface area contributed by atoms with Gasteiger partial charge in [0.15, 0.2) is 6.10 Å². The number of anilines is 1. The Labute approximate surface area is 243 Å². The number of thioether (sulfide) groups is 1. The van der Waals surface area contributed by atoms with Gasteiger partial charge in [-0.05, 0) is 62.1 Å². The highest BCUT2D eigenvalue weighted by Gasteiger charge is 2.49. The minimum Gasteiger partial charge on any atom is -0.381 e. The molecule has 10 heteroatoms. The Balaban J connectivity index is 1.51. The van der Waals surface area contributed by atoms with Gasteiger partial charge in [-0.2, -0.15) is 0 Å². The fourth-order valence-electron chi connectivity index (χ4n) is 4.85. The Hall–Kier alpha value is -3.89. The Morgan fingerprint density at radius 2 is 1.76 bits per heavy atom. The van der Waals surface area contributed by atoms with Crippen LogP contribution in [0.3, 0.4) is 0 Å². The Kier molecular flexibility index (Phi) is 9.67. The molecule has 8 nitrogen and oxygen atoms in total. The molecule has 216 valence electrons. The maximum Gasteiger partial charge on any atom is 0.319 e. The van der Waals surface area contributed by atoms with Crippen molar-refractivity contribution in [2.24, 2.45) is 0 Å². The van der Waals surface area contributed by atoms with E-state index in [4.69, 9.17) is 0 Å². The van der Waals surface area contributed by atoms with Crippen molar-refractivity contribution in [2.45, 2.75) is 56.7 Å². The number of aryl methyl sites for hydroxylation is 1. The molecule has 1 heterocycles. The number of benzene rings is 3. The van der Waals surface area contributed by atoms with E-state index in [9.17, 15) is 23.9 Å². The first-order valence-electron chi connectivity index (χ1n) is 13.4. The van der Waals surface area contributed by atoms with Crippen LogP contribution >= 0.6 is 11.8 Å². The van der Waals surface area contributed by atoms with Crippen LogP contribution in [-0.2, 0) is 22.6 Å². The predicted molar refractivity (Wildman–Crippen MR) is 159 cm³/mol. The third kappa shape index (κ3) is 7.65. The van der Waals surface area contributed by atoms with E-state index < -0.39 is 40.7 Å². The number of carbonyl (C=O) groups excluding carboxylic acids is 3. The molecule has 1 fully saturated rings. The summed E-state index contributed by atoms with van der Waals surface area (Å²) in [5.74, 6) is -1.29. The summed E-state index contributed by atoms with van der Waals surface area (Å²) >= 11 is 1.45. The summed E-state index contributed by atoms with van der Waals surface area (Å²) in [6, 6.07) is 19.7. The highest BCUT2D eigenvalue weighted by Crippen LogP contribution is 2.40. The SMILES string of the molecule is Cc1ccccc1CNC(=O)C1N(C(=O)C(O)C(Cc2ccccc2)NC(=O)Nc2cccc(F)c2)CSC1(C)C. The van der Waals surface area contributed by atoms with E-state index in [0.29, 0.717) is 6.54 Å². The first kappa shape index (κ1) is 30.1. The van der Waals surface area contributed by atoms with Crippen molar-refractivity contribution >= 4 is 35.3 Å². The molecule has 0 aromatic heterocycles. The first-order valence-corrected chi connectivity index (χ1v) is 14.4. The van der Waals surface area contributed by atoms with Crippen molar-refractivity contribution in [3.63, 3.8) is 0 Å². The van der Waals surface area contributed by atoms with Crippen LogP contribution < -0.4 is 16.0 Å². The number of rotatable bonds is 9. The monoisotopic (exact) mass is 578 g/mol. The van der Waals surface area contributed by atoms with E-state index in [0.717, 1.165) is 22.8 Å². The van der Waals surface area contributed by atoms with Crippen molar-refractivity contribution in [1.29, 1.82) is 0 Å². The van der Waals surface area contributed by atoms with Crippen LogP contribution in [0.2, 0.25) is 0 Å². The smallest absolute Gasteiger partial charge is 0.319 e. The third-order valence-corrected chi connectivity index (χ3v) is 8.50. The topological polar surface area (TPSA) is 111 Å². The zero-order valence-electron chi connectivity index (χ0n) is 23.3. The average Bonchev–Trinajstić information content (AvgIpc) is 3.26. The molecule has 1 aliphatic heterocycles. The lowest BCUT2D eigenvalue weighted by Gasteiger charge is -2.33. The molecular formula is C31H35FN4O4S. The van der Waals surface area contributed by atoms with Crippen molar-refractivity contribution in [3.05, 3.63) is 101 Å². The quantitative estimate of drug-likeness (QED) is 0.304. The molecule has 1 saturated heterocycles. The summed E-state index contributed by atoms with van der Waals surface area (Å²) in [7, 11) is 0. The number of aliphatic hydroxyl groups excluding tert-OH is 1. The summed E-state index contributed by atoms with van der Waals surface area (Å²) in [5, 5.41) is 19.5. The normalized spacial score (nSPS) is 17.4. The van der Waals surface area contributed by atoms with Gasteiger partial charge in [0.25, 0.3) is 5.91 Å². The average molecular weight is 579 g/mol. The molecule has 1 aliphatic rings. The summed E-state index contributed by atoms with van der Waals surface area (Å²) in [5.41, 5.74) is 3.03. The van der Waals surface area contributed by atoms with Gasteiger partial charge in [0.1, 0.15) is 11.9 Å². The van der Waals surface area contributed by atoms with Crippen LogP contribution in [0.25, 0.3) is 0 Å². The second kappa shape index (κ2) is 13.2. The largest absolute Gasteiger partial charge is 0.381 e. The van der Waals surface area contributed by atoms with Gasteiger partial charge in [0.2, 0.25) is 5.91 Å². The van der Waals surface area contributed by atoms with Gasteiger partial charge in [-0.25, -0.2) is 9.18 Å². The van der Waals surface area contributed by atoms with Crippen molar-refractivity contribution in [1.82, 2.24) is 15.5 Å². The molecule has 0 spiro atoms. The number of hydrogen-bond acceptors (Lipinski definition) is 5. The van der Waals surface area contributed by atoms with Crippen LogP contribution in [0.5, 0.6) is 0 Å². The van der Waals surface area contributed by atoms with Crippen LogP contribution in [0.15, 0.2) is 78.9 Å². The van der Waals surface area contributed by atoms with Crippen LogP contribution in [0, 0.1) is 12.7 Å². The van der Waals surface area contributed by atoms with Gasteiger partial charge in [-0.15, -0.1) is 11.8 Å². The van der Waals surface area contributed by atoms with Crippen LogP contribution in [0.4, 0.5) is 14.9 Å². The van der Waals surface area contributed by atoms with E-state index in [1.165, 1.54) is 34.9 Å². The van der Waals surface area contributed by atoms with Crippen molar-refractivity contribution in [2.75, 3.05) is 11.2 Å². The summed E-state index contributed by atoms with van der Waals surface area (Å²) in [6.07, 6.45) is -1.49. The van der Waals surface area contributed by atoms with Gasteiger partial charge in [-0.3, -0.25) is 9.59 Å². The Morgan fingerprint density at radius 3 is 2.46 bits per heavy atom. The Morgan fingerprint density at radius 1 is 1.05 bits per heavy atom. The zero-order chi connectivity index (χ0) is 29.6. The maximum absolute atomic E-state index is 13.8. The molecule has 3 aromatic rings. The fraction of sp³-hybridized carbons (Fsp3) is 0.323. The first-order chi connectivity index (χ1) is 19.5. The molecule has 3 aromatic carbocycles. The highest BCUT2D eigenvalue weighted by molar-refractivity contribution is 8.00. The predicted octanol–water partition coefficient (Wildman–Crippen LogP) is 4.22. The number of hydrogen-bond donors (Lipinski definition) is 4. The molecule has 3 unspecified atom stereocenters. The maximum atomic E-state index is 13.8. The van der Waals surface area contributed by atoms with Gasteiger partial charge in [0.05, 0.1) is 11.9 Å². The number of halogens is 1. The van der Waals surface area contributed by atoms with Gasteiger partial charge in [0, 0.05) is 17.0 Å².